The molecule has 1 nitrogen and oxygen atoms in total. The summed E-state index contributed by atoms with van der Waals surface area (Å²) >= 11 is 0. The molecule has 0 saturated carbocycles. The molecule has 0 unspecified atom stereocenters. The first-order valence-corrected chi connectivity index (χ1v) is 12.7. The number of benzene rings is 3. The highest BCUT2D eigenvalue weighted by Gasteiger charge is 2.10. The van der Waals surface area contributed by atoms with Gasteiger partial charge in [0.15, 0.2) is 0 Å². The molecule has 0 saturated heterocycles. The SMILES string of the molecule is CCCCCCCCCCCCCCc1ccccc1-c1ccc2ccccc2c1N. The third kappa shape index (κ3) is 7.13. The zero-order valence-corrected chi connectivity index (χ0v) is 19.5. The molecule has 0 aliphatic rings. The van der Waals surface area contributed by atoms with Crippen LogP contribution in [0.5, 0.6) is 0 Å². The number of nitrogen functional groups attached to an aromatic ring is 1. The van der Waals surface area contributed by atoms with Crippen molar-refractivity contribution >= 4 is 16.5 Å². The van der Waals surface area contributed by atoms with Crippen molar-refractivity contribution < 1.29 is 0 Å². The minimum atomic E-state index is 0.903. The van der Waals surface area contributed by atoms with Gasteiger partial charge in [0.25, 0.3) is 0 Å². The van der Waals surface area contributed by atoms with Crippen LogP contribution in [0.1, 0.15) is 89.5 Å². The van der Waals surface area contributed by atoms with Crippen LogP contribution in [0.15, 0.2) is 60.7 Å². The van der Waals surface area contributed by atoms with Crippen LogP contribution in [0.25, 0.3) is 21.9 Å². The summed E-state index contributed by atoms with van der Waals surface area (Å²) in [5.41, 5.74) is 11.4. The van der Waals surface area contributed by atoms with Crippen LogP contribution in [0.4, 0.5) is 5.69 Å². The molecule has 2 N–H and O–H groups in total. The van der Waals surface area contributed by atoms with Crippen LogP contribution < -0.4 is 5.73 Å². The summed E-state index contributed by atoms with van der Waals surface area (Å²) in [7, 11) is 0. The van der Waals surface area contributed by atoms with Gasteiger partial charge in [-0.1, -0.05) is 138 Å². The molecule has 0 aromatic heterocycles. The van der Waals surface area contributed by atoms with Crippen molar-refractivity contribution in [1.82, 2.24) is 0 Å². The number of fused-ring (bicyclic) bond motifs is 1. The smallest absolute Gasteiger partial charge is 0.0473 e. The standard InChI is InChI=1S/C30H41N/c1-2-3-4-5-6-7-8-9-10-11-12-13-18-25-19-14-16-21-27(25)29-24-23-26-20-15-17-22-28(26)30(29)31/h14-17,19-24H,2-13,18,31H2,1H3. The number of hydrogen-bond acceptors (Lipinski definition) is 1. The molecule has 3 rings (SSSR count). The number of unbranched alkanes of at least 4 members (excludes halogenated alkanes) is 11. The lowest BCUT2D eigenvalue weighted by atomic mass is 9.92. The summed E-state index contributed by atoms with van der Waals surface area (Å²) in [6.07, 6.45) is 17.9. The van der Waals surface area contributed by atoms with E-state index in [1.54, 1.807) is 0 Å². The highest BCUT2D eigenvalue weighted by atomic mass is 14.6. The van der Waals surface area contributed by atoms with Crippen molar-refractivity contribution in [3.05, 3.63) is 66.2 Å². The fourth-order valence-electron chi connectivity index (χ4n) is 4.69. The minimum Gasteiger partial charge on any atom is -0.398 e. The lowest BCUT2D eigenvalue weighted by molar-refractivity contribution is 0.544. The Balaban J connectivity index is 1.43. The van der Waals surface area contributed by atoms with Crippen molar-refractivity contribution in [3.8, 4) is 11.1 Å². The molecule has 0 radical (unpaired) electrons. The van der Waals surface area contributed by atoms with Gasteiger partial charge in [-0.2, -0.15) is 0 Å². The molecule has 3 aromatic rings. The summed E-state index contributed by atoms with van der Waals surface area (Å²) in [4.78, 5) is 0. The van der Waals surface area contributed by atoms with Crippen molar-refractivity contribution in [3.63, 3.8) is 0 Å². The maximum Gasteiger partial charge on any atom is 0.0473 e. The number of rotatable bonds is 14. The van der Waals surface area contributed by atoms with E-state index < -0.39 is 0 Å². The zero-order valence-electron chi connectivity index (χ0n) is 19.5. The molecule has 0 bridgehead atoms. The summed E-state index contributed by atoms with van der Waals surface area (Å²) in [5.74, 6) is 0. The molecule has 0 amide bonds. The van der Waals surface area contributed by atoms with Gasteiger partial charge >= 0.3 is 0 Å². The first kappa shape index (κ1) is 23.4. The van der Waals surface area contributed by atoms with Gasteiger partial charge in [0.2, 0.25) is 0 Å². The molecule has 1 heteroatoms. The van der Waals surface area contributed by atoms with Crippen LogP contribution in [0, 0.1) is 0 Å². The van der Waals surface area contributed by atoms with E-state index in [1.807, 2.05) is 0 Å². The van der Waals surface area contributed by atoms with Gasteiger partial charge in [0, 0.05) is 16.6 Å². The first-order valence-electron chi connectivity index (χ1n) is 12.7. The molecule has 31 heavy (non-hydrogen) atoms. The highest BCUT2D eigenvalue weighted by molar-refractivity contribution is 6.00. The van der Waals surface area contributed by atoms with Crippen molar-refractivity contribution in [2.45, 2.75) is 90.4 Å². The quantitative estimate of drug-likeness (QED) is 0.206. The Hall–Kier alpha value is -2.28. The molecule has 0 heterocycles. The van der Waals surface area contributed by atoms with Gasteiger partial charge in [0.1, 0.15) is 0 Å². The second-order valence-corrected chi connectivity index (χ2v) is 9.04. The largest absolute Gasteiger partial charge is 0.398 e. The van der Waals surface area contributed by atoms with Gasteiger partial charge in [0.05, 0.1) is 0 Å². The average Bonchev–Trinajstić information content (AvgIpc) is 2.81. The van der Waals surface area contributed by atoms with Gasteiger partial charge < -0.3 is 5.73 Å². The van der Waals surface area contributed by atoms with E-state index in [9.17, 15) is 0 Å². The fourth-order valence-corrected chi connectivity index (χ4v) is 4.69. The van der Waals surface area contributed by atoms with E-state index in [-0.39, 0.29) is 0 Å². The molecular weight excluding hydrogens is 374 g/mol. The predicted molar refractivity (Wildman–Crippen MR) is 139 cm³/mol. The van der Waals surface area contributed by atoms with E-state index in [0.29, 0.717) is 0 Å². The fraction of sp³-hybridized carbons (Fsp3) is 0.467. The average molecular weight is 416 g/mol. The second kappa shape index (κ2) is 13.2. The maximum atomic E-state index is 6.59. The predicted octanol–water partition coefficient (Wildman–Crippen LogP) is 9.33. The normalized spacial score (nSPS) is 11.3. The van der Waals surface area contributed by atoms with Gasteiger partial charge in [-0.3, -0.25) is 0 Å². The van der Waals surface area contributed by atoms with E-state index in [4.69, 9.17) is 5.73 Å². The lowest BCUT2D eigenvalue weighted by Crippen LogP contribution is -1.96. The third-order valence-electron chi connectivity index (χ3n) is 6.58. The van der Waals surface area contributed by atoms with Crippen LogP contribution in [0.3, 0.4) is 0 Å². The monoisotopic (exact) mass is 415 g/mol. The summed E-state index contributed by atoms with van der Waals surface area (Å²) in [5, 5.41) is 2.36. The van der Waals surface area contributed by atoms with E-state index in [2.05, 4.69) is 67.6 Å². The number of anilines is 1. The Bertz CT molecular complexity index is 911. The Labute approximate surface area is 190 Å². The van der Waals surface area contributed by atoms with Crippen molar-refractivity contribution in [1.29, 1.82) is 0 Å². The van der Waals surface area contributed by atoms with Crippen LogP contribution in [-0.2, 0) is 6.42 Å². The molecule has 0 aliphatic carbocycles. The Morgan fingerprint density at radius 1 is 0.548 bits per heavy atom. The molecule has 0 fully saturated rings. The van der Waals surface area contributed by atoms with Gasteiger partial charge in [-0.25, -0.2) is 0 Å². The van der Waals surface area contributed by atoms with Gasteiger partial charge in [-0.15, -0.1) is 0 Å². The minimum absolute atomic E-state index is 0.903. The van der Waals surface area contributed by atoms with Crippen LogP contribution >= 0.6 is 0 Å². The lowest BCUT2D eigenvalue weighted by Gasteiger charge is -2.14. The van der Waals surface area contributed by atoms with Crippen molar-refractivity contribution in [2.75, 3.05) is 5.73 Å². The Morgan fingerprint density at radius 3 is 1.84 bits per heavy atom. The second-order valence-electron chi connectivity index (χ2n) is 9.04. The Kier molecular flexibility index (Phi) is 9.96. The van der Waals surface area contributed by atoms with Gasteiger partial charge in [-0.05, 0) is 29.4 Å². The molecule has 0 atom stereocenters. The number of aryl methyl sites for hydroxylation is 1. The zero-order chi connectivity index (χ0) is 21.7. The van der Waals surface area contributed by atoms with Crippen molar-refractivity contribution in [2.24, 2.45) is 0 Å². The van der Waals surface area contributed by atoms with E-state index >= 15 is 0 Å². The molecule has 3 aromatic carbocycles. The molecular formula is C30H41N. The number of hydrogen-bond donors (Lipinski definition) is 1. The summed E-state index contributed by atoms with van der Waals surface area (Å²) < 4.78 is 0. The van der Waals surface area contributed by atoms with E-state index in [0.717, 1.165) is 17.5 Å². The van der Waals surface area contributed by atoms with E-state index in [1.165, 1.54) is 99.1 Å². The molecule has 0 aliphatic heterocycles. The Morgan fingerprint density at radius 2 is 1.13 bits per heavy atom. The topological polar surface area (TPSA) is 26.0 Å². The molecule has 166 valence electrons. The maximum absolute atomic E-state index is 6.59. The highest BCUT2D eigenvalue weighted by Crippen LogP contribution is 2.34. The van der Waals surface area contributed by atoms with Crippen LogP contribution in [0.2, 0.25) is 0 Å². The number of nitrogens with two attached hydrogens (primary N) is 1. The summed E-state index contributed by atoms with van der Waals surface area (Å²) in [6.45, 7) is 2.29. The third-order valence-corrected chi connectivity index (χ3v) is 6.58. The van der Waals surface area contributed by atoms with Crippen LogP contribution in [-0.4, -0.2) is 0 Å². The summed E-state index contributed by atoms with van der Waals surface area (Å²) in [6, 6.07) is 21.6. The molecule has 0 spiro atoms. The first-order chi connectivity index (χ1) is 15.3.